The van der Waals surface area contributed by atoms with Crippen LogP contribution in [0.5, 0.6) is 5.75 Å². The normalized spacial score (nSPS) is 10.0. The third-order valence-corrected chi connectivity index (χ3v) is 5.30. The molecule has 4 rings (SSSR count). The number of hydrogen-bond donors (Lipinski definition) is 3. The molecular formula is C30H29N3O4. The number of rotatable bonds is 6. The summed E-state index contributed by atoms with van der Waals surface area (Å²) in [5.41, 5.74) is 15.0. The van der Waals surface area contributed by atoms with Crippen molar-refractivity contribution in [1.82, 2.24) is 0 Å². The van der Waals surface area contributed by atoms with E-state index in [1.807, 2.05) is 74.5 Å². The first-order valence-corrected chi connectivity index (χ1v) is 11.5. The van der Waals surface area contributed by atoms with Crippen molar-refractivity contribution >= 4 is 17.9 Å². The Labute approximate surface area is 216 Å². The molecule has 0 atom stereocenters. The largest absolute Gasteiger partial charge is 0.457 e. The van der Waals surface area contributed by atoms with Crippen molar-refractivity contribution in [3.05, 3.63) is 125 Å². The van der Waals surface area contributed by atoms with Crippen molar-refractivity contribution in [2.24, 2.45) is 11.5 Å². The summed E-state index contributed by atoms with van der Waals surface area (Å²) >= 11 is 0. The fourth-order valence-electron chi connectivity index (χ4n) is 3.29. The summed E-state index contributed by atoms with van der Waals surface area (Å²) in [6, 6.07) is 29.6. The number of guanidine groups is 1. The van der Waals surface area contributed by atoms with Gasteiger partial charge in [-0.25, -0.2) is 9.59 Å². The maximum absolute atomic E-state index is 12.3. The van der Waals surface area contributed by atoms with Crippen LogP contribution in [0, 0.1) is 19.3 Å². The zero-order valence-electron chi connectivity index (χ0n) is 20.7. The van der Waals surface area contributed by atoms with Crippen LogP contribution in [-0.2, 0) is 11.3 Å². The van der Waals surface area contributed by atoms with Gasteiger partial charge in [-0.15, -0.1) is 0 Å². The number of carbonyl (C=O) groups excluding carboxylic acids is 2. The maximum Gasteiger partial charge on any atom is 0.343 e. The molecule has 7 heteroatoms. The molecule has 0 aromatic heterocycles. The Morgan fingerprint density at radius 1 is 0.649 bits per heavy atom. The van der Waals surface area contributed by atoms with Crippen LogP contribution in [0.15, 0.2) is 97.1 Å². The smallest absolute Gasteiger partial charge is 0.343 e. The highest BCUT2D eigenvalue weighted by molar-refractivity contribution is 5.91. The summed E-state index contributed by atoms with van der Waals surface area (Å²) in [5.74, 6) is -0.614. The molecule has 4 aromatic rings. The standard InChI is InChI=1S/C29H24O4.CH5N3/c1-20-3-7-22(8-4-20)19-32-28(30)25-13-11-23(12-14-25)24-15-17-27(18-16-24)33-29(31)26-9-5-21(2)6-10-26;2-1(3)4/h3-18H,19H2,1-2H3;(H5,2,3,4). The minimum Gasteiger partial charge on any atom is -0.457 e. The molecular weight excluding hydrogens is 466 g/mol. The lowest BCUT2D eigenvalue weighted by Crippen LogP contribution is -2.20. The molecule has 7 nitrogen and oxygen atoms in total. The molecule has 0 radical (unpaired) electrons. The third-order valence-electron chi connectivity index (χ3n) is 5.30. The molecule has 0 bridgehead atoms. The first kappa shape index (κ1) is 26.7. The monoisotopic (exact) mass is 495 g/mol. The Kier molecular flexibility index (Phi) is 9.16. The Bertz CT molecular complexity index is 1340. The highest BCUT2D eigenvalue weighted by Crippen LogP contribution is 2.24. The number of benzene rings is 4. The zero-order chi connectivity index (χ0) is 26.8. The molecule has 0 aliphatic rings. The lowest BCUT2D eigenvalue weighted by molar-refractivity contribution is 0.0472. The summed E-state index contributed by atoms with van der Waals surface area (Å²) in [5, 5.41) is 6.06. The van der Waals surface area contributed by atoms with Crippen molar-refractivity contribution in [1.29, 1.82) is 5.41 Å². The number of ether oxygens (including phenoxy) is 2. The van der Waals surface area contributed by atoms with Gasteiger partial charge < -0.3 is 20.9 Å². The molecule has 0 amide bonds. The van der Waals surface area contributed by atoms with Crippen molar-refractivity contribution in [3.63, 3.8) is 0 Å². The van der Waals surface area contributed by atoms with Gasteiger partial charge in [0, 0.05) is 0 Å². The molecule has 0 aliphatic heterocycles. The number of esters is 2. The van der Waals surface area contributed by atoms with E-state index in [2.05, 4.69) is 11.5 Å². The average Bonchev–Trinajstić information content (AvgIpc) is 2.89. The van der Waals surface area contributed by atoms with Crippen LogP contribution >= 0.6 is 0 Å². The lowest BCUT2D eigenvalue weighted by atomic mass is 10.0. The van der Waals surface area contributed by atoms with Gasteiger partial charge >= 0.3 is 11.9 Å². The fourth-order valence-corrected chi connectivity index (χ4v) is 3.29. The second-order valence-corrected chi connectivity index (χ2v) is 8.37. The molecule has 0 heterocycles. The number of carbonyl (C=O) groups is 2. The molecule has 5 N–H and O–H groups in total. The highest BCUT2D eigenvalue weighted by Gasteiger charge is 2.10. The molecule has 0 saturated carbocycles. The Morgan fingerprint density at radius 2 is 1.05 bits per heavy atom. The van der Waals surface area contributed by atoms with Crippen molar-refractivity contribution in [3.8, 4) is 16.9 Å². The van der Waals surface area contributed by atoms with Crippen LogP contribution in [0.1, 0.15) is 37.4 Å². The van der Waals surface area contributed by atoms with E-state index in [4.69, 9.17) is 14.9 Å². The van der Waals surface area contributed by atoms with Gasteiger partial charge in [0.2, 0.25) is 0 Å². The summed E-state index contributed by atoms with van der Waals surface area (Å²) in [6.07, 6.45) is 0. The highest BCUT2D eigenvalue weighted by atomic mass is 16.5. The first-order valence-electron chi connectivity index (χ1n) is 11.5. The molecule has 0 spiro atoms. The molecule has 0 aliphatic carbocycles. The van der Waals surface area contributed by atoms with Crippen molar-refractivity contribution < 1.29 is 19.1 Å². The van der Waals surface area contributed by atoms with Gasteiger partial charge in [0.25, 0.3) is 0 Å². The molecule has 4 aromatic carbocycles. The fraction of sp³-hybridized carbons (Fsp3) is 0.100. The minimum atomic E-state index is -0.392. The van der Waals surface area contributed by atoms with E-state index >= 15 is 0 Å². The average molecular weight is 496 g/mol. The summed E-state index contributed by atoms with van der Waals surface area (Å²) in [4.78, 5) is 24.6. The minimum absolute atomic E-state index is 0.240. The Hall–Kier alpha value is -4.91. The second-order valence-electron chi connectivity index (χ2n) is 8.37. The van der Waals surface area contributed by atoms with Gasteiger partial charge in [-0.1, -0.05) is 71.8 Å². The van der Waals surface area contributed by atoms with E-state index in [0.29, 0.717) is 16.9 Å². The van der Waals surface area contributed by atoms with Gasteiger partial charge in [0.05, 0.1) is 11.1 Å². The van der Waals surface area contributed by atoms with E-state index in [0.717, 1.165) is 27.8 Å². The predicted molar refractivity (Wildman–Crippen MR) is 144 cm³/mol. The maximum atomic E-state index is 12.3. The van der Waals surface area contributed by atoms with Crippen LogP contribution < -0.4 is 16.2 Å². The summed E-state index contributed by atoms with van der Waals surface area (Å²) in [7, 11) is 0. The molecule has 188 valence electrons. The number of nitrogens with one attached hydrogen (secondary N) is 1. The molecule has 0 fully saturated rings. The number of aryl methyl sites for hydroxylation is 2. The van der Waals surface area contributed by atoms with Crippen molar-refractivity contribution in [2.45, 2.75) is 20.5 Å². The summed E-state index contributed by atoms with van der Waals surface area (Å²) < 4.78 is 10.9. The number of nitrogens with two attached hydrogens (primary N) is 2. The van der Waals surface area contributed by atoms with Crippen LogP contribution in [0.4, 0.5) is 0 Å². The lowest BCUT2D eigenvalue weighted by Gasteiger charge is -2.08. The van der Waals surface area contributed by atoms with Crippen LogP contribution in [0.25, 0.3) is 11.1 Å². The third kappa shape index (κ3) is 8.36. The van der Waals surface area contributed by atoms with Gasteiger partial charge in [-0.2, -0.15) is 0 Å². The SMILES string of the molecule is Cc1ccc(COC(=O)c2ccc(-c3ccc(OC(=O)c4ccc(C)cc4)cc3)cc2)cc1.N=C(N)N. The van der Waals surface area contributed by atoms with Gasteiger partial charge in [-0.3, -0.25) is 5.41 Å². The van der Waals surface area contributed by atoms with Crippen LogP contribution in [0.3, 0.4) is 0 Å². The predicted octanol–water partition coefficient (Wildman–Crippen LogP) is 5.39. The summed E-state index contributed by atoms with van der Waals surface area (Å²) in [6.45, 7) is 4.22. The Morgan fingerprint density at radius 3 is 1.57 bits per heavy atom. The zero-order valence-corrected chi connectivity index (χ0v) is 20.7. The van der Waals surface area contributed by atoms with Gasteiger partial charge in [0.1, 0.15) is 12.4 Å². The van der Waals surface area contributed by atoms with Gasteiger partial charge in [-0.05, 0) is 66.9 Å². The van der Waals surface area contributed by atoms with E-state index in [-0.39, 0.29) is 18.5 Å². The quantitative estimate of drug-likeness (QED) is 0.142. The van der Waals surface area contributed by atoms with E-state index < -0.39 is 5.97 Å². The van der Waals surface area contributed by atoms with Crippen LogP contribution in [0.2, 0.25) is 0 Å². The molecule has 0 unspecified atom stereocenters. The van der Waals surface area contributed by atoms with E-state index in [9.17, 15) is 9.59 Å². The van der Waals surface area contributed by atoms with E-state index in [1.165, 1.54) is 0 Å². The topological polar surface area (TPSA) is 128 Å². The molecule has 37 heavy (non-hydrogen) atoms. The van der Waals surface area contributed by atoms with Crippen molar-refractivity contribution in [2.75, 3.05) is 0 Å². The second kappa shape index (κ2) is 12.7. The van der Waals surface area contributed by atoms with Gasteiger partial charge in [0.15, 0.2) is 5.96 Å². The van der Waals surface area contributed by atoms with E-state index in [1.54, 1.807) is 36.4 Å². The Balaban J connectivity index is 0.000000886. The number of hydrogen-bond acceptors (Lipinski definition) is 5. The molecule has 0 saturated heterocycles. The van der Waals surface area contributed by atoms with Crippen LogP contribution in [-0.4, -0.2) is 17.9 Å². The first-order chi connectivity index (χ1) is 17.7.